The summed E-state index contributed by atoms with van der Waals surface area (Å²) in [7, 11) is -0.162. The largest absolute Gasteiger partial charge is 0.497 e. The molecule has 0 radical (unpaired) electrons. The molecule has 3 rings (SSSR count). The van der Waals surface area contributed by atoms with Gasteiger partial charge in [-0.05, 0) is 32.9 Å². The van der Waals surface area contributed by atoms with E-state index in [9.17, 15) is 18.0 Å². The Hall–Kier alpha value is -2.47. The molecule has 2 unspecified atom stereocenters. The first-order chi connectivity index (χ1) is 15.4. The van der Waals surface area contributed by atoms with E-state index in [1.54, 1.807) is 43.9 Å². The smallest absolute Gasteiger partial charge is 0.407 e. The Balaban J connectivity index is 1.81. The summed E-state index contributed by atoms with van der Waals surface area (Å²) >= 11 is 1.26. The second-order valence-corrected chi connectivity index (χ2v) is 12.0. The van der Waals surface area contributed by atoms with Crippen LogP contribution in [0.4, 0.5) is 10.5 Å². The third-order valence-corrected chi connectivity index (χ3v) is 8.15. The lowest BCUT2D eigenvalue weighted by molar-refractivity contribution is -0.117. The van der Waals surface area contributed by atoms with Crippen molar-refractivity contribution in [1.29, 1.82) is 0 Å². The van der Waals surface area contributed by atoms with Crippen LogP contribution in [0.15, 0.2) is 23.2 Å². The summed E-state index contributed by atoms with van der Waals surface area (Å²) in [4.78, 5) is 30.3. The number of nitrogens with one attached hydrogen (secondary N) is 1. The first kappa shape index (κ1) is 25.2. The molecule has 2 atom stereocenters. The van der Waals surface area contributed by atoms with Crippen LogP contribution in [0.3, 0.4) is 0 Å². The van der Waals surface area contributed by atoms with Gasteiger partial charge in [0.2, 0.25) is 5.91 Å². The molecule has 1 aromatic rings. The molecule has 2 aliphatic heterocycles. The highest BCUT2D eigenvalue weighted by atomic mass is 32.2. The molecule has 2 aliphatic rings. The zero-order chi connectivity index (χ0) is 24.4. The monoisotopic (exact) mass is 499 g/mol. The van der Waals surface area contributed by atoms with Crippen molar-refractivity contribution in [2.75, 3.05) is 37.2 Å². The van der Waals surface area contributed by atoms with Crippen molar-refractivity contribution >= 4 is 44.5 Å². The van der Waals surface area contributed by atoms with Gasteiger partial charge in [0.15, 0.2) is 15.0 Å². The molecule has 2 fully saturated rings. The fourth-order valence-corrected chi connectivity index (χ4v) is 7.50. The van der Waals surface area contributed by atoms with Crippen LogP contribution in [0.25, 0.3) is 0 Å². The number of methoxy groups -OCH3 is 2. The van der Waals surface area contributed by atoms with E-state index >= 15 is 0 Å². The molecule has 1 aromatic carbocycles. The van der Waals surface area contributed by atoms with E-state index in [2.05, 4.69) is 10.3 Å². The number of rotatable bonds is 6. The van der Waals surface area contributed by atoms with Gasteiger partial charge in [0.25, 0.3) is 0 Å². The lowest BCUT2D eigenvalue weighted by atomic mass is 10.2. The average molecular weight is 500 g/mol. The number of hydrogen-bond donors (Lipinski definition) is 1. The molecule has 1 N–H and O–H groups in total. The van der Waals surface area contributed by atoms with Crippen LogP contribution in [0.5, 0.6) is 11.5 Å². The SMILES string of the molecule is COc1ccc(OC)c(N2C(=NC(=O)CCNC(=O)OC(C)(C)C)SC3CS(=O)(=O)CC32)c1. The van der Waals surface area contributed by atoms with Crippen molar-refractivity contribution in [2.45, 2.75) is 44.1 Å². The Morgan fingerprint density at radius 1 is 1.21 bits per heavy atom. The predicted molar refractivity (Wildman–Crippen MR) is 127 cm³/mol. The van der Waals surface area contributed by atoms with Gasteiger partial charge in [-0.1, -0.05) is 11.8 Å². The summed E-state index contributed by atoms with van der Waals surface area (Å²) in [5.74, 6) is 0.598. The van der Waals surface area contributed by atoms with Gasteiger partial charge in [-0.15, -0.1) is 0 Å². The normalized spacial score (nSPS) is 22.7. The molecule has 0 aliphatic carbocycles. The Kier molecular flexibility index (Phi) is 7.47. The summed E-state index contributed by atoms with van der Waals surface area (Å²) in [6, 6.07) is 4.81. The number of amides is 2. The van der Waals surface area contributed by atoms with Crippen molar-refractivity contribution in [2.24, 2.45) is 4.99 Å². The fraction of sp³-hybridized carbons (Fsp3) is 0.571. The van der Waals surface area contributed by atoms with E-state index in [0.717, 1.165) is 0 Å². The van der Waals surface area contributed by atoms with E-state index in [1.165, 1.54) is 26.0 Å². The fourth-order valence-electron chi connectivity index (χ4n) is 3.58. The lowest BCUT2D eigenvalue weighted by Gasteiger charge is -2.26. The Morgan fingerprint density at radius 3 is 2.58 bits per heavy atom. The van der Waals surface area contributed by atoms with Crippen molar-refractivity contribution in [3.63, 3.8) is 0 Å². The van der Waals surface area contributed by atoms with Crippen molar-refractivity contribution in [3.05, 3.63) is 18.2 Å². The average Bonchev–Trinajstić information content (AvgIpc) is 3.16. The van der Waals surface area contributed by atoms with Crippen LogP contribution in [0.1, 0.15) is 27.2 Å². The summed E-state index contributed by atoms with van der Waals surface area (Å²) in [6.07, 6.45) is -0.638. The van der Waals surface area contributed by atoms with E-state index < -0.39 is 27.4 Å². The second kappa shape index (κ2) is 9.80. The van der Waals surface area contributed by atoms with Gasteiger partial charge in [0.1, 0.15) is 17.1 Å². The number of aliphatic imine (C=N–C) groups is 1. The summed E-state index contributed by atoms with van der Waals surface area (Å²) < 4.78 is 40.5. The number of ether oxygens (including phenoxy) is 3. The Morgan fingerprint density at radius 2 is 1.94 bits per heavy atom. The molecule has 0 aromatic heterocycles. The third kappa shape index (κ3) is 6.32. The number of hydrogen-bond acceptors (Lipinski definition) is 8. The molecule has 0 saturated carbocycles. The van der Waals surface area contributed by atoms with Crippen LogP contribution in [-0.4, -0.2) is 74.7 Å². The van der Waals surface area contributed by atoms with Crippen LogP contribution >= 0.6 is 11.8 Å². The highest BCUT2D eigenvalue weighted by molar-refractivity contribution is 8.16. The standard InChI is InChI=1S/C21H29N3O7S2/c1-21(2,3)31-20(26)22-9-8-18(25)23-19-24(15-11-33(27,28)12-17(15)32-19)14-10-13(29-4)6-7-16(14)30-5/h6-7,10,15,17H,8-9,11-12H2,1-5H3,(H,22,26). The maximum absolute atomic E-state index is 12.6. The van der Waals surface area contributed by atoms with Crippen LogP contribution in [-0.2, 0) is 19.4 Å². The van der Waals surface area contributed by atoms with Gasteiger partial charge in [-0.2, -0.15) is 4.99 Å². The van der Waals surface area contributed by atoms with Crippen LogP contribution < -0.4 is 19.7 Å². The number of nitrogens with zero attached hydrogens (tertiary/aromatic N) is 2. The molecule has 0 spiro atoms. The number of anilines is 1. The van der Waals surface area contributed by atoms with E-state index in [1.807, 2.05) is 0 Å². The van der Waals surface area contributed by atoms with Gasteiger partial charge >= 0.3 is 6.09 Å². The van der Waals surface area contributed by atoms with Crippen LogP contribution in [0.2, 0.25) is 0 Å². The van der Waals surface area contributed by atoms with Gasteiger partial charge in [0.05, 0.1) is 37.5 Å². The van der Waals surface area contributed by atoms with Crippen molar-refractivity contribution < 1.29 is 32.2 Å². The van der Waals surface area contributed by atoms with Crippen LogP contribution in [0, 0.1) is 0 Å². The number of amidine groups is 1. The second-order valence-electron chi connectivity index (χ2n) is 8.68. The molecule has 0 bridgehead atoms. The first-order valence-corrected chi connectivity index (χ1v) is 13.1. The van der Waals surface area contributed by atoms with Gasteiger partial charge in [-0.3, -0.25) is 4.79 Å². The summed E-state index contributed by atoms with van der Waals surface area (Å²) in [5, 5.41) is 2.68. The maximum Gasteiger partial charge on any atom is 0.407 e. The molecular weight excluding hydrogens is 470 g/mol. The predicted octanol–water partition coefficient (Wildman–Crippen LogP) is 2.22. The minimum Gasteiger partial charge on any atom is -0.497 e. The number of alkyl carbamates (subject to hydrolysis) is 1. The number of carbonyl (C=O) groups excluding carboxylic acids is 2. The van der Waals surface area contributed by atoms with Crippen molar-refractivity contribution in [3.8, 4) is 11.5 Å². The molecule has 2 amide bonds. The van der Waals surface area contributed by atoms with Gasteiger partial charge in [-0.25, -0.2) is 13.2 Å². The number of thioether (sulfide) groups is 1. The number of sulfone groups is 1. The van der Waals surface area contributed by atoms with Gasteiger partial charge < -0.3 is 24.4 Å². The molecular formula is C21H29N3O7S2. The summed E-state index contributed by atoms with van der Waals surface area (Å²) in [5.41, 5.74) is -0.0594. The number of benzene rings is 1. The molecule has 33 heavy (non-hydrogen) atoms. The highest BCUT2D eigenvalue weighted by Gasteiger charge is 2.50. The summed E-state index contributed by atoms with van der Waals surface area (Å²) in [6.45, 7) is 5.32. The van der Waals surface area contributed by atoms with E-state index in [-0.39, 0.29) is 35.8 Å². The molecule has 12 heteroatoms. The maximum atomic E-state index is 12.6. The van der Waals surface area contributed by atoms with E-state index in [0.29, 0.717) is 22.4 Å². The molecule has 2 saturated heterocycles. The van der Waals surface area contributed by atoms with Crippen molar-refractivity contribution in [1.82, 2.24) is 5.32 Å². The topological polar surface area (TPSA) is 124 Å². The minimum absolute atomic E-state index is 0.0124. The number of fused-ring (bicyclic) bond motifs is 1. The third-order valence-electron chi connectivity index (χ3n) is 4.94. The lowest BCUT2D eigenvalue weighted by Crippen LogP contribution is -2.38. The first-order valence-electron chi connectivity index (χ1n) is 10.4. The Labute approximate surface area is 198 Å². The van der Waals surface area contributed by atoms with Gasteiger partial charge in [0, 0.05) is 24.3 Å². The molecule has 182 valence electrons. The zero-order valence-corrected chi connectivity index (χ0v) is 20.9. The molecule has 10 nitrogen and oxygen atoms in total. The van der Waals surface area contributed by atoms with E-state index in [4.69, 9.17) is 14.2 Å². The Bertz CT molecular complexity index is 1050. The quantitative estimate of drug-likeness (QED) is 0.627. The minimum atomic E-state index is -3.21. The zero-order valence-electron chi connectivity index (χ0n) is 19.3. The highest BCUT2D eigenvalue weighted by Crippen LogP contribution is 2.45. The molecule has 2 heterocycles. The number of carbonyl (C=O) groups is 2.